The second-order valence-electron chi connectivity index (χ2n) is 1.63. The third-order valence-electron chi connectivity index (χ3n) is 0.789. The standard InChI is InChI=1S/C5H11NO3/c1-4(8)5(6)9-3-2-7/h5,7H,2-3,6H2,1H3. The van der Waals surface area contributed by atoms with E-state index in [1.165, 1.54) is 6.92 Å². The van der Waals surface area contributed by atoms with E-state index in [2.05, 4.69) is 4.74 Å². The molecule has 0 heterocycles. The van der Waals surface area contributed by atoms with Gasteiger partial charge in [0.05, 0.1) is 13.2 Å². The van der Waals surface area contributed by atoms with E-state index in [9.17, 15) is 4.79 Å². The van der Waals surface area contributed by atoms with Gasteiger partial charge in [-0.1, -0.05) is 0 Å². The number of nitrogens with two attached hydrogens (primary N) is 1. The van der Waals surface area contributed by atoms with Gasteiger partial charge in [-0.25, -0.2) is 0 Å². The van der Waals surface area contributed by atoms with Crippen LogP contribution in [0.1, 0.15) is 6.92 Å². The van der Waals surface area contributed by atoms with Gasteiger partial charge >= 0.3 is 0 Å². The van der Waals surface area contributed by atoms with E-state index in [1.54, 1.807) is 0 Å². The molecular formula is C5H11NO3. The Hall–Kier alpha value is -0.450. The maximum atomic E-state index is 10.3. The van der Waals surface area contributed by atoms with Crippen LogP contribution in [0.25, 0.3) is 0 Å². The van der Waals surface area contributed by atoms with Gasteiger partial charge < -0.3 is 9.84 Å². The summed E-state index contributed by atoms with van der Waals surface area (Å²) in [4.78, 5) is 10.3. The first kappa shape index (κ1) is 8.55. The molecule has 0 aliphatic heterocycles. The average molecular weight is 133 g/mol. The van der Waals surface area contributed by atoms with Crippen molar-refractivity contribution < 1.29 is 14.6 Å². The number of aliphatic hydroxyl groups is 1. The fourth-order valence-electron chi connectivity index (χ4n) is 0.297. The van der Waals surface area contributed by atoms with Crippen molar-refractivity contribution in [2.24, 2.45) is 5.73 Å². The van der Waals surface area contributed by atoms with Crippen molar-refractivity contribution in [2.45, 2.75) is 13.2 Å². The third kappa shape index (κ3) is 4.08. The Balaban J connectivity index is 3.27. The summed E-state index contributed by atoms with van der Waals surface area (Å²) in [6.07, 6.45) is -0.878. The minimum atomic E-state index is -0.878. The SMILES string of the molecule is CC(=O)C(N)OCCO. The number of hydrogen-bond donors (Lipinski definition) is 2. The number of ketones is 1. The molecule has 0 aliphatic rings. The zero-order valence-corrected chi connectivity index (χ0v) is 5.33. The highest BCUT2D eigenvalue weighted by Gasteiger charge is 2.05. The van der Waals surface area contributed by atoms with E-state index in [-0.39, 0.29) is 19.0 Å². The Morgan fingerprint density at radius 2 is 2.44 bits per heavy atom. The smallest absolute Gasteiger partial charge is 0.173 e. The highest BCUT2D eigenvalue weighted by atomic mass is 16.5. The van der Waals surface area contributed by atoms with Crippen LogP contribution < -0.4 is 5.73 Å². The summed E-state index contributed by atoms with van der Waals surface area (Å²) >= 11 is 0. The Kier molecular flexibility index (Phi) is 4.21. The van der Waals surface area contributed by atoms with Crippen LogP contribution in [0.15, 0.2) is 0 Å². The Bertz CT molecular complexity index is 94.2. The molecule has 1 unspecified atom stereocenters. The largest absolute Gasteiger partial charge is 0.394 e. The highest BCUT2D eigenvalue weighted by molar-refractivity contribution is 5.79. The second kappa shape index (κ2) is 4.43. The van der Waals surface area contributed by atoms with Crippen molar-refractivity contribution in [3.8, 4) is 0 Å². The number of ether oxygens (including phenoxy) is 1. The van der Waals surface area contributed by atoms with Crippen LogP contribution in [-0.4, -0.2) is 30.3 Å². The van der Waals surface area contributed by atoms with Gasteiger partial charge in [0.1, 0.15) is 0 Å². The van der Waals surface area contributed by atoms with Gasteiger partial charge in [-0.2, -0.15) is 0 Å². The number of rotatable bonds is 4. The van der Waals surface area contributed by atoms with Gasteiger partial charge in [0.2, 0.25) is 0 Å². The Labute approximate surface area is 53.6 Å². The molecule has 4 nitrogen and oxygen atoms in total. The number of carbonyl (C=O) groups excluding carboxylic acids is 1. The summed E-state index contributed by atoms with van der Waals surface area (Å²) < 4.78 is 4.63. The minimum Gasteiger partial charge on any atom is -0.394 e. The van der Waals surface area contributed by atoms with Crippen molar-refractivity contribution >= 4 is 5.78 Å². The quantitative estimate of drug-likeness (QED) is 0.476. The second-order valence-corrected chi connectivity index (χ2v) is 1.63. The molecule has 0 fully saturated rings. The van der Waals surface area contributed by atoms with Crippen LogP contribution in [0.4, 0.5) is 0 Å². The Morgan fingerprint density at radius 1 is 1.89 bits per heavy atom. The number of Topliss-reactive ketones (excluding diaryl/α,β-unsaturated/α-hetero) is 1. The summed E-state index contributed by atoms with van der Waals surface area (Å²) in [5.41, 5.74) is 5.12. The van der Waals surface area contributed by atoms with Crippen molar-refractivity contribution in [2.75, 3.05) is 13.2 Å². The van der Waals surface area contributed by atoms with Gasteiger partial charge in [0, 0.05) is 0 Å². The van der Waals surface area contributed by atoms with Crippen molar-refractivity contribution in [3.63, 3.8) is 0 Å². The zero-order valence-electron chi connectivity index (χ0n) is 5.33. The summed E-state index contributed by atoms with van der Waals surface area (Å²) in [6, 6.07) is 0. The van der Waals surface area contributed by atoms with Crippen molar-refractivity contribution in [1.29, 1.82) is 0 Å². The summed E-state index contributed by atoms with van der Waals surface area (Å²) in [7, 11) is 0. The zero-order chi connectivity index (χ0) is 7.28. The predicted octanol–water partition coefficient (Wildman–Crippen LogP) is -1.13. The first-order valence-corrected chi connectivity index (χ1v) is 2.67. The molecule has 0 radical (unpaired) electrons. The molecule has 0 spiro atoms. The molecule has 1 atom stereocenters. The Morgan fingerprint density at radius 3 is 2.78 bits per heavy atom. The molecule has 0 aromatic heterocycles. The first-order chi connectivity index (χ1) is 4.18. The van der Waals surface area contributed by atoms with Gasteiger partial charge in [0.15, 0.2) is 12.0 Å². The fourth-order valence-corrected chi connectivity index (χ4v) is 0.297. The van der Waals surface area contributed by atoms with Crippen LogP contribution in [0.2, 0.25) is 0 Å². The van der Waals surface area contributed by atoms with Crippen LogP contribution in [0.5, 0.6) is 0 Å². The van der Waals surface area contributed by atoms with Gasteiger partial charge in [-0.15, -0.1) is 0 Å². The van der Waals surface area contributed by atoms with Gasteiger partial charge in [-0.3, -0.25) is 10.5 Å². The minimum absolute atomic E-state index is 0.110. The van der Waals surface area contributed by atoms with Crippen LogP contribution in [0, 0.1) is 0 Å². The molecule has 3 N–H and O–H groups in total. The topological polar surface area (TPSA) is 72.6 Å². The summed E-state index contributed by atoms with van der Waals surface area (Å²) in [5, 5.41) is 8.21. The average Bonchev–Trinajstić information content (AvgIpc) is 1.82. The predicted molar refractivity (Wildman–Crippen MR) is 31.7 cm³/mol. The summed E-state index contributed by atoms with van der Waals surface area (Å²) in [5.74, 6) is -0.233. The fraction of sp³-hybridized carbons (Fsp3) is 0.800. The maximum Gasteiger partial charge on any atom is 0.173 e. The molecule has 0 rings (SSSR count). The number of hydrogen-bond acceptors (Lipinski definition) is 4. The van der Waals surface area contributed by atoms with Gasteiger partial charge in [-0.05, 0) is 6.92 Å². The van der Waals surface area contributed by atoms with Crippen molar-refractivity contribution in [1.82, 2.24) is 0 Å². The van der Waals surface area contributed by atoms with E-state index in [0.717, 1.165) is 0 Å². The lowest BCUT2D eigenvalue weighted by Gasteiger charge is -2.06. The monoisotopic (exact) mass is 133 g/mol. The molecule has 0 saturated heterocycles. The van der Waals surface area contributed by atoms with Crippen LogP contribution in [0.3, 0.4) is 0 Å². The molecule has 0 bridgehead atoms. The van der Waals surface area contributed by atoms with E-state index >= 15 is 0 Å². The van der Waals surface area contributed by atoms with Crippen LogP contribution in [-0.2, 0) is 9.53 Å². The van der Waals surface area contributed by atoms with E-state index in [4.69, 9.17) is 10.8 Å². The lowest BCUT2D eigenvalue weighted by Crippen LogP contribution is -2.32. The molecular weight excluding hydrogens is 122 g/mol. The molecule has 54 valence electrons. The molecule has 0 aromatic rings. The molecule has 0 saturated carbocycles. The van der Waals surface area contributed by atoms with Crippen LogP contribution >= 0.6 is 0 Å². The first-order valence-electron chi connectivity index (χ1n) is 2.67. The molecule has 0 aliphatic carbocycles. The van der Waals surface area contributed by atoms with Gasteiger partial charge in [0.25, 0.3) is 0 Å². The third-order valence-corrected chi connectivity index (χ3v) is 0.789. The lowest BCUT2D eigenvalue weighted by molar-refractivity contribution is -0.128. The molecule has 4 heteroatoms. The summed E-state index contributed by atoms with van der Waals surface area (Å²) in [6.45, 7) is 1.34. The number of carbonyl (C=O) groups is 1. The van der Waals surface area contributed by atoms with E-state index < -0.39 is 6.23 Å². The molecule has 0 aromatic carbocycles. The van der Waals surface area contributed by atoms with E-state index in [0.29, 0.717) is 0 Å². The number of aliphatic hydroxyl groups excluding tert-OH is 1. The van der Waals surface area contributed by atoms with E-state index in [1.807, 2.05) is 0 Å². The van der Waals surface area contributed by atoms with Crippen molar-refractivity contribution in [3.05, 3.63) is 0 Å². The lowest BCUT2D eigenvalue weighted by atomic mass is 10.4. The normalized spacial score (nSPS) is 13.2. The maximum absolute atomic E-state index is 10.3. The highest BCUT2D eigenvalue weighted by Crippen LogP contribution is 1.82. The molecule has 9 heavy (non-hydrogen) atoms. The molecule has 0 amide bonds.